The van der Waals surface area contributed by atoms with Gasteiger partial charge in [0.25, 0.3) is 5.91 Å². The molecular formula is C14H19BrFNO. The standard InChI is InChI=1S/C14H19BrFNO/c1-9(2)6-11(15)8-17-14(18)13-5-4-12(16)7-10(13)3/h4-5,7,9,11H,6,8H2,1-3H3,(H,17,18). The molecule has 0 aliphatic carbocycles. The Hall–Kier alpha value is -0.900. The van der Waals surface area contributed by atoms with Gasteiger partial charge in [-0.3, -0.25) is 4.79 Å². The van der Waals surface area contributed by atoms with Crippen LogP contribution < -0.4 is 5.32 Å². The van der Waals surface area contributed by atoms with E-state index in [-0.39, 0.29) is 16.6 Å². The molecule has 0 aromatic heterocycles. The number of hydrogen-bond acceptors (Lipinski definition) is 1. The van der Waals surface area contributed by atoms with Crippen molar-refractivity contribution in [3.05, 3.63) is 35.1 Å². The first kappa shape index (κ1) is 15.2. The summed E-state index contributed by atoms with van der Waals surface area (Å²) in [5.74, 6) is 0.113. The number of amides is 1. The molecule has 1 aromatic carbocycles. The van der Waals surface area contributed by atoms with Crippen molar-refractivity contribution in [2.45, 2.75) is 32.0 Å². The normalized spacial score (nSPS) is 12.6. The van der Waals surface area contributed by atoms with Crippen molar-refractivity contribution < 1.29 is 9.18 Å². The van der Waals surface area contributed by atoms with Gasteiger partial charge in [0.1, 0.15) is 5.82 Å². The highest BCUT2D eigenvalue weighted by Crippen LogP contribution is 2.13. The van der Waals surface area contributed by atoms with Crippen LogP contribution in [0.3, 0.4) is 0 Å². The summed E-state index contributed by atoms with van der Waals surface area (Å²) in [6.07, 6.45) is 1.00. The maximum atomic E-state index is 12.9. The second-order valence-electron chi connectivity index (χ2n) is 4.90. The maximum Gasteiger partial charge on any atom is 0.251 e. The second kappa shape index (κ2) is 6.88. The van der Waals surface area contributed by atoms with Crippen LogP contribution in [0.2, 0.25) is 0 Å². The zero-order valence-corrected chi connectivity index (χ0v) is 12.6. The molecule has 0 saturated carbocycles. The summed E-state index contributed by atoms with van der Waals surface area (Å²) in [4.78, 5) is 12.2. The van der Waals surface area contributed by atoms with E-state index in [1.54, 1.807) is 6.92 Å². The zero-order chi connectivity index (χ0) is 13.7. The molecule has 1 N–H and O–H groups in total. The monoisotopic (exact) mass is 315 g/mol. The molecule has 0 aliphatic heterocycles. The minimum absolute atomic E-state index is 0.152. The summed E-state index contributed by atoms with van der Waals surface area (Å²) in [6, 6.07) is 4.20. The van der Waals surface area contributed by atoms with Crippen LogP contribution in [0.25, 0.3) is 0 Å². The third kappa shape index (κ3) is 4.77. The Bertz CT molecular complexity index is 420. The third-order valence-electron chi connectivity index (χ3n) is 2.64. The van der Waals surface area contributed by atoms with E-state index in [9.17, 15) is 9.18 Å². The van der Waals surface area contributed by atoms with Crippen molar-refractivity contribution >= 4 is 21.8 Å². The molecule has 1 aromatic rings. The number of halogens is 2. The predicted molar refractivity (Wildman–Crippen MR) is 75.6 cm³/mol. The van der Waals surface area contributed by atoms with E-state index in [0.29, 0.717) is 23.6 Å². The molecule has 0 bridgehead atoms. The van der Waals surface area contributed by atoms with Gasteiger partial charge in [0.05, 0.1) is 0 Å². The average Bonchev–Trinajstić information content (AvgIpc) is 2.25. The number of alkyl halides is 1. The van der Waals surface area contributed by atoms with Gasteiger partial charge < -0.3 is 5.32 Å². The van der Waals surface area contributed by atoms with E-state index in [2.05, 4.69) is 35.1 Å². The number of carbonyl (C=O) groups excluding carboxylic acids is 1. The molecule has 0 heterocycles. The quantitative estimate of drug-likeness (QED) is 0.825. The number of benzene rings is 1. The van der Waals surface area contributed by atoms with Gasteiger partial charge in [0.15, 0.2) is 0 Å². The molecule has 0 aliphatic rings. The highest BCUT2D eigenvalue weighted by Gasteiger charge is 2.12. The fourth-order valence-corrected chi connectivity index (χ4v) is 2.68. The minimum atomic E-state index is -0.317. The SMILES string of the molecule is Cc1cc(F)ccc1C(=O)NCC(Br)CC(C)C. The van der Waals surface area contributed by atoms with Crippen LogP contribution in [0, 0.1) is 18.7 Å². The van der Waals surface area contributed by atoms with Crippen LogP contribution in [0.1, 0.15) is 36.2 Å². The van der Waals surface area contributed by atoms with Crippen LogP contribution in [0.15, 0.2) is 18.2 Å². The lowest BCUT2D eigenvalue weighted by Gasteiger charge is -2.14. The van der Waals surface area contributed by atoms with E-state index >= 15 is 0 Å². The van der Waals surface area contributed by atoms with Crippen molar-refractivity contribution in [3.8, 4) is 0 Å². The lowest BCUT2D eigenvalue weighted by molar-refractivity contribution is 0.0952. The molecule has 0 radical (unpaired) electrons. The first-order valence-corrected chi connectivity index (χ1v) is 7.00. The molecule has 1 atom stereocenters. The van der Waals surface area contributed by atoms with E-state index in [1.165, 1.54) is 18.2 Å². The third-order valence-corrected chi connectivity index (χ3v) is 3.34. The first-order valence-electron chi connectivity index (χ1n) is 6.08. The Morgan fingerprint density at radius 1 is 1.44 bits per heavy atom. The summed E-state index contributed by atoms with van der Waals surface area (Å²) in [7, 11) is 0. The summed E-state index contributed by atoms with van der Waals surface area (Å²) < 4.78 is 12.9. The Labute approximate surface area is 116 Å². The van der Waals surface area contributed by atoms with Gasteiger partial charge in [-0.05, 0) is 43.0 Å². The zero-order valence-electron chi connectivity index (χ0n) is 11.0. The topological polar surface area (TPSA) is 29.1 Å². The summed E-state index contributed by atoms with van der Waals surface area (Å²) in [6.45, 7) is 6.59. The Kier molecular flexibility index (Phi) is 5.79. The summed E-state index contributed by atoms with van der Waals surface area (Å²) in [5.41, 5.74) is 1.18. The van der Waals surface area contributed by atoms with Crippen molar-refractivity contribution in [1.29, 1.82) is 0 Å². The molecule has 0 saturated heterocycles. The minimum Gasteiger partial charge on any atom is -0.351 e. The lowest BCUT2D eigenvalue weighted by Crippen LogP contribution is -2.30. The Balaban J connectivity index is 2.55. The molecule has 4 heteroatoms. The van der Waals surface area contributed by atoms with Crippen LogP contribution >= 0.6 is 15.9 Å². The molecule has 2 nitrogen and oxygen atoms in total. The van der Waals surface area contributed by atoms with Crippen LogP contribution in [0.5, 0.6) is 0 Å². The number of hydrogen-bond donors (Lipinski definition) is 1. The molecule has 0 spiro atoms. The number of carbonyl (C=O) groups is 1. The average molecular weight is 316 g/mol. The van der Waals surface area contributed by atoms with Crippen LogP contribution in [-0.4, -0.2) is 17.3 Å². The summed E-state index contributed by atoms with van der Waals surface area (Å²) >= 11 is 3.53. The van der Waals surface area contributed by atoms with Crippen molar-refractivity contribution in [1.82, 2.24) is 5.32 Å². The van der Waals surface area contributed by atoms with Gasteiger partial charge in [0, 0.05) is 16.9 Å². The highest BCUT2D eigenvalue weighted by atomic mass is 79.9. The van der Waals surface area contributed by atoms with Gasteiger partial charge >= 0.3 is 0 Å². The lowest BCUT2D eigenvalue weighted by atomic mass is 10.1. The van der Waals surface area contributed by atoms with Crippen LogP contribution in [-0.2, 0) is 0 Å². The van der Waals surface area contributed by atoms with Gasteiger partial charge in [-0.1, -0.05) is 29.8 Å². The van der Waals surface area contributed by atoms with Gasteiger partial charge in [0.2, 0.25) is 0 Å². The molecular weight excluding hydrogens is 297 g/mol. The molecule has 18 heavy (non-hydrogen) atoms. The molecule has 1 unspecified atom stereocenters. The van der Waals surface area contributed by atoms with E-state index in [1.807, 2.05) is 0 Å². The first-order chi connectivity index (χ1) is 8.40. The highest BCUT2D eigenvalue weighted by molar-refractivity contribution is 9.09. The molecule has 0 fully saturated rings. The smallest absolute Gasteiger partial charge is 0.251 e. The van der Waals surface area contributed by atoms with Gasteiger partial charge in [-0.15, -0.1) is 0 Å². The number of rotatable bonds is 5. The van der Waals surface area contributed by atoms with Crippen LogP contribution in [0.4, 0.5) is 4.39 Å². The predicted octanol–water partition coefficient (Wildman–Crippen LogP) is 3.67. The number of nitrogens with one attached hydrogen (secondary N) is 1. The molecule has 1 rings (SSSR count). The largest absolute Gasteiger partial charge is 0.351 e. The van der Waals surface area contributed by atoms with E-state index < -0.39 is 0 Å². The van der Waals surface area contributed by atoms with Gasteiger partial charge in [-0.2, -0.15) is 0 Å². The van der Waals surface area contributed by atoms with Crippen molar-refractivity contribution in [2.24, 2.45) is 5.92 Å². The fraction of sp³-hybridized carbons (Fsp3) is 0.500. The Morgan fingerprint density at radius 3 is 2.67 bits per heavy atom. The molecule has 1 amide bonds. The van der Waals surface area contributed by atoms with E-state index in [4.69, 9.17) is 0 Å². The van der Waals surface area contributed by atoms with E-state index in [0.717, 1.165) is 6.42 Å². The maximum absolute atomic E-state index is 12.9. The van der Waals surface area contributed by atoms with Gasteiger partial charge in [-0.25, -0.2) is 4.39 Å². The second-order valence-corrected chi connectivity index (χ2v) is 6.19. The van der Waals surface area contributed by atoms with Crippen molar-refractivity contribution in [2.75, 3.05) is 6.54 Å². The van der Waals surface area contributed by atoms with Crippen molar-refractivity contribution in [3.63, 3.8) is 0 Å². The Morgan fingerprint density at radius 2 is 2.11 bits per heavy atom. The fourth-order valence-electron chi connectivity index (χ4n) is 1.78. The molecule has 100 valence electrons. The number of aryl methyl sites for hydroxylation is 1. The summed E-state index contributed by atoms with van der Waals surface area (Å²) in [5, 5.41) is 2.86.